The van der Waals surface area contributed by atoms with Crippen molar-refractivity contribution in [1.29, 1.82) is 0 Å². The third-order valence-electron chi connectivity index (χ3n) is 2.85. The van der Waals surface area contributed by atoms with Gasteiger partial charge < -0.3 is 19.9 Å². The Kier molecular flexibility index (Phi) is 6.50. The maximum Gasteiger partial charge on any atom is 0.408 e. The Morgan fingerprint density at radius 1 is 1.35 bits per heavy atom. The van der Waals surface area contributed by atoms with Crippen LogP contribution in [-0.2, 0) is 20.7 Å². The fourth-order valence-electron chi connectivity index (χ4n) is 1.90. The van der Waals surface area contributed by atoms with Crippen LogP contribution >= 0.6 is 0 Å². The Labute approximate surface area is 134 Å². The van der Waals surface area contributed by atoms with Gasteiger partial charge in [-0.2, -0.15) is 0 Å². The second-order valence-electron chi connectivity index (χ2n) is 6.05. The molecule has 1 amide bonds. The topological polar surface area (TPSA) is 84.9 Å². The summed E-state index contributed by atoms with van der Waals surface area (Å²) in [5.41, 5.74) is -0.268. The minimum Gasteiger partial charge on any atom is -0.467 e. The number of halogens is 1. The van der Waals surface area contributed by atoms with Crippen LogP contribution in [0.3, 0.4) is 0 Å². The number of carbonyl (C=O) groups excluding carboxylic acids is 2. The van der Waals surface area contributed by atoms with Crippen LogP contribution in [0, 0.1) is 5.82 Å². The third-order valence-corrected chi connectivity index (χ3v) is 2.85. The molecule has 0 aromatic heterocycles. The van der Waals surface area contributed by atoms with Gasteiger partial charge in [0.05, 0.1) is 13.2 Å². The van der Waals surface area contributed by atoms with Crippen LogP contribution in [0.2, 0.25) is 0 Å². The van der Waals surface area contributed by atoms with Crippen molar-refractivity contribution in [3.05, 3.63) is 35.6 Å². The minimum atomic E-state index is -1.32. The fourth-order valence-corrected chi connectivity index (χ4v) is 1.90. The lowest BCUT2D eigenvalue weighted by Crippen LogP contribution is -2.51. The number of esters is 1. The Morgan fingerprint density at radius 2 is 2.00 bits per heavy atom. The molecule has 2 N–H and O–H groups in total. The monoisotopic (exact) mass is 327 g/mol. The zero-order chi connectivity index (χ0) is 17.6. The summed E-state index contributed by atoms with van der Waals surface area (Å²) < 4.78 is 22.8. The number of methoxy groups -OCH3 is 1. The highest BCUT2D eigenvalue weighted by atomic mass is 19.1. The molecule has 2 atom stereocenters. The summed E-state index contributed by atoms with van der Waals surface area (Å²) in [6, 6.07) is 4.29. The number of hydrogen-bond acceptors (Lipinski definition) is 5. The molecule has 23 heavy (non-hydrogen) atoms. The lowest BCUT2D eigenvalue weighted by Gasteiger charge is -2.25. The SMILES string of the molecule is COC(=O)[C@H](NC(=O)OC(C)(C)C)[C@@H](O)Cc1cccc(F)c1. The standard InChI is InChI=1S/C16H22FNO5/c1-16(2,3)23-15(21)18-13(14(20)22-4)12(19)9-10-6-5-7-11(17)8-10/h5-8,12-13,19H,9H2,1-4H3,(H,18,21)/t12-,13+/m0/s1. The molecule has 1 aromatic rings. The van der Waals surface area contributed by atoms with Gasteiger partial charge in [-0.05, 0) is 38.5 Å². The summed E-state index contributed by atoms with van der Waals surface area (Å²) in [5.74, 6) is -1.27. The van der Waals surface area contributed by atoms with Gasteiger partial charge in [-0.15, -0.1) is 0 Å². The highest BCUT2D eigenvalue weighted by Gasteiger charge is 2.31. The quantitative estimate of drug-likeness (QED) is 0.806. The van der Waals surface area contributed by atoms with Crippen molar-refractivity contribution in [2.24, 2.45) is 0 Å². The number of benzene rings is 1. The number of aliphatic hydroxyl groups is 1. The Hall–Kier alpha value is -2.15. The molecule has 0 spiro atoms. The second kappa shape index (κ2) is 7.92. The summed E-state index contributed by atoms with van der Waals surface area (Å²) in [6.07, 6.45) is -2.18. The smallest absolute Gasteiger partial charge is 0.408 e. The highest BCUT2D eigenvalue weighted by Crippen LogP contribution is 2.11. The van der Waals surface area contributed by atoms with E-state index in [1.165, 1.54) is 18.2 Å². The lowest BCUT2D eigenvalue weighted by molar-refractivity contribution is -0.146. The average molecular weight is 327 g/mol. The first-order chi connectivity index (χ1) is 10.6. The van der Waals surface area contributed by atoms with Crippen LogP contribution in [0.25, 0.3) is 0 Å². The van der Waals surface area contributed by atoms with Crippen molar-refractivity contribution < 1.29 is 28.6 Å². The zero-order valence-corrected chi connectivity index (χ0v) is 13.6. The largest absolute Gasteiger partial charge is 0.467 e. The van der Waals surface area contributed by atoms with Gasteiger partial charge in [0.15, 0.2) is 6.04 Å². The summed E-state index contributed by atoms with van der Waals surface area (Å²) in [7, 11) is 1.14. The van der Waals surface area contributed by atoms with Crippen molar-refractivity contribution >= 4 is 12.1 Å². The number of aliphatic hydroxyl groups excluding tert-OH is 1. The first-order valence-corrected chi connectivity index (χ1v) is 7.12. The van der Waals surface area contributed by atoms with E-state index in [-0.39, 0.29) is 6.42 Å². The number of hydrogen-bond donors (Lipinski definition) is 2. The van der Waals surface area contributed by atoms with Gasteiger partial charge in [-0.1, -0.05) is 12.1 Å². The predicted molar refractivity (Wildman–Crippen MR) is 81.3 cm³/mol. The molecule has 6 nitrogen and oxygen atoms in total. The van der Waals surface area contributed by atoms with E-state index >= 15 is 0 Å². The minimum absolute atomic E-state index is 0.0344. The number of rotatable bonds is 5. The van der Waals surface area contributed by atoms with Gasteiger partial charge in [0.2, 0.25) is 0 Å². The molecule has 0 aliphatic rings. The average Bonchev–Trinajstić information content (AvgIpc) is 2.42. The molecule has 0 radical (unpaired) electrons. The van der Waals surface area contributed by atoms with E-state index in [1.54, 1.807) is 26.8 Å². The molecule has 1 rings (SSSR count). The Morgan fingerprint density at radius 3 is 2.52 bits per heavy atom. The number of carbonyl (C=O) groups is 2. The van der Waals surface area contributed by atoms with Crippen molar-refractivity contribution in [3.8, 4) is 0 Å². The molecule has 0 heterocycles. The number of nitrogens with one attached hydrogen (secondary N) is 1. The molecule has 0 aliphatic heterocycles. The maximum absolute atomic E-state index is 13.2. The van der Waals surface area contributed by atoms with Gasteiger partial charge in [0.1, 0.15) is 11.4 Å². The van der Waals surface area contributed by atoms with Crippen LogP contribution in [0.15, 0.2) is 24.3 Å². The van der Waals surface area contributed by atoms with Crippen LogP contribution in [0.4, 0.5) is 9.18 Å². The first kappa shape index (κ1) is 18.9. The molecule has 0 saturated carbocycles. The van der Waals surface area contributed by atoms with Crippen molar-refractivity contribution in [2.45, 2.75) is 44.9 Å². The predicted octanol–water partition coefficient (Wildman–Crippen LogP) is 1.80. The molecule has 1 aromatic carbocycles. The summed E-state index contributed by atoms with van der Waals surface area (Å²) in [5, 5.41) is 12.5. The Balaban J connectivity index is 2.80. The first-order valence-electron chi connectivity index (χ1n) is 7.12. The summed E-state index contributed by atoms with van der Waals surface area (Å²) >= 11 is 0. The maximum atomic E-state index is 13.2. The summed E-state index contributed by atoms with van der Waals surface area (Å²) in [6.45, 7) is 5.01. The van der Waals surface area contributed by atoms with Crippen LogP contribution in [0.5, 0.6) is 0 Å². The molecule has 0 unspecified atom stereocenters. The zero-order valence-electron chi connectivity index (χ0n) is 13.6. The molecule has 0 fully saturated rings. The molecule has 0 aliphatic carbocycles. The van der Waals surface area contributed by atoms with Crippen molar-refractivity contribution in [1.82, 2.24) is 5.32 Å². The van der Waals surface area contributed by atoms with E-state index < -0.39 is 35.6 Å². The van der Waals surface area contributed by atoms with Gasteiger partial charge >= 0.3 is 12.1 Å². The normalized spacial score (nSPS) is 13.8. The second-order valence-corrected chi connectivity index (χ2v) is 6.05. The van der Waals surface area contributed by atoms with E-state index in [0.717, 1.165) is 7.11 Å². The number of ether oxygens (including phenoxy) is 2. The molecule has 128 valence electrons. The van der Waals surface area contributed by atoms with E-state index in [0.29, 0.717) is 5.56 Å². The van der Waals surface area contributed by atoms with E-state index in [9.17, 15) is 19.1 Å². The van der Waals surface area contributed by atoms with E-state index in [2.05, 4.69) is 10.1 Å². The molecule has 7 heteroatoms. The molecule has 0 bridgehead atoms. The van der Waals surface area contributed by atoms with Crippen LogP contribution in [0.1, 0.15) is 26.3 Å². The fraction of sp³-hybridized carbons (Fsp3) is 0.500. The molecular formula is C16H22FNO5. The van der Waals surface area contributed by atoms with E-state index in [1.807, 2.05) is 0 Å². The molecular weight excluding hydrogens is 305 g/mol. The Bertz CT molecular complexity index is 556. The molecule has 0 saturated heterocycles. The number of alkyl carbamates (subject to hydrolysis) is 1. The van der Waals surface area contributed by atoms with Crippen LogP contribution < -0.4 is 5.32 Å². The van der Waals surface area contributed by atoms with Crippen molar-refractivity contribution in [3.63, 3.8) is 0 Å². The highest BCUT2D eigenvalue weighted by molar-refractivity contribution is 5.82. The van der Waals surface area contributed by atoms with Gasteiger partial charge in [0.25, 0.3) is 0 Å². The van der Waals surface area contributed by atoms with Gasteiger partial charge in [0, 0.05) is 6.42 Å². The van der Waals surface area contributed by atoms with Crippen molar-refractivity contribution in [2.75, 3.05) is 7.11 Å². The van der Waals surface area contributed by atoms with E-state index in [4.69, 9.17) is 4.74 Å². The third kappa shape index (κ3) is 6.65. The van der Waals surface area contributed by atoms with Gasteiger partial charge in [-0.25, -0.2) is 14.0 Å². The lowest BCUT2D eigenvalue weighted by atomic mass is 10.0. The van der Waals surface area contributed by atoms with Crippen LogP contribution in [-0.4, -0.2) is 42.0 Å². The number of amides is 1. The van der Waals surface area contributed by atoms with Gasteiger partial charge in [-0.3, -0.25) is 0 Å². The summed E-state index contributed by atoms with van der Waals surface area (Å²) in [4.78, 5) is 23.6.